The van der Waals surface area contributed by atoms with Gasteiger partial charge in [0.1, 0.15) is 24.6 Å². The quantitative estimate of drug-likeness (QED) is 0.0698. The number of rotatable bonds is 20. The van der Waals surface area contributed by atoms with Crippen LogP contribution in [0, 0.1) is 0 Å². The van der Waals surface area contributed by atoms with Crippen LogP contribution in [-0.4, -0.2) is 125 Å². The maximum atomic E-state index is 12.4. The van der Waals surface area contributed by atoms with E-state index in [2.05, 4.69) is 33.4 Å². The number of nitrogens with zero attached hydrogens (tertiary/aromatic N) is 6. The minimum Gasteiger partial charge on any atom is -0.387 e. The SMILES string of the molecule is CC(=O)NCCCCCC(=O)N(C)CCCCN(C)c1ncnc2c1ncn2C1OC(COP(=O)(O)OP(=O)(O)OP(=O)(O)O)C(O)C1O. The summed E-state index contributed by atoms with van der Waals surface area (Å²) < 4.78 is 53.2. The van der Waals surface area contributed by atoms with Gasteiger partial charge in [0.25, 0.3) is 0 Å². The fourth-order valence-electron chi connectivity index (χ4n) is 4.83. The molecule has 3 rings (SSSR count). The van der Waals surface area contributed by atoms with Gasteiger partial charge in [-0.15, -0.1) is 0 Å². The summed E-state index contributed by atoms with van der Waals surface area (Å²) in [7, 11) is -13.3. The van der Waals surface area contributed by atoms with Crippen molar-refractivity contribution in [1.29, 1.82) is 0 Å². The highest BCUT2D eigenvalue weighted by atomic mass is 31.3. The van der Waals surface area contributed by atoms with Gasteiger partial charge in [0.2, 0.25) is 11.8 Å². The minimum atomic E-state index is -5.75. The predicted molar refractivity (Wildman–Crippen MR) is 168 cm³/mol. The molecule has 25 heteroatoms. The van der Waals surface area contributed by atoms with Crippen LogP contribution in [0.5, 0.6) is 0 Å². The number of unbranched alkanes of at least 4 members (excludes halogenated alkanes) is 3. The van der Waals surface area contributed by atoms with E-state index >= 15 is 0 Å². The second-order valence-electron chi connectivity index (χ2n) is 11.2. The van der Waals surface area contributed by atoms with Gasteiger partial charge in [-0.2, -0.15) is 8.62 Å². The fraction of sp³-hybridized carbons (Fsp3) is 0.708. The number of nitrogens with one attached hydrogen (secondary N) is 1. The number of aliphatic hydroxyl groups excluding tert-OH is 2. The van der Waals surface area contributed by atoms with Crippen molar-refractivity contribution in [2.75, 3.05) is 45.2 Å². The molecule has 6 atom stereocenters. The van der Waals surface area contributed by atoms with E-state index in [1.165, 1.54) is 24.1 Å². The smallest absolute Gasteiger partial charge is 0.387 e. The molecule has 2 amide bonds. The van der Waals surface area contributed by atoms with Crippen molar-refractivity contribution < 1.29 is 71.0 Å². The zero-order valence-electron chi connectivity index (χ0n) is 26.9. The number of fused-ring (bicyclic) bond motifs is 1. The third-order valence-corrected chi connectivity index (χ3v) is 11.0. The molecule has 1 aliphatic heterocycles. The van der Waals surface area contributed by atoms with Crippen LogP contribution in [0.4, 0.5) is 5.82 Å². The lowest BCUT2D eigenvalue weighted by atomic mass is 10.1. The highest BCUT2D eigenvalue weighted by molar-refractivity contribution is 7.66. The average Bonchev–Trinajstić information content (AvgIpc) is 3.53. The first kappa shape index (κ1) is 41.0. The minimum absolute atomic E-state index is 0.0497. The summed E-state index contributed by atoms with van der Waals surface area (Å²) >= 11 is 0. The molecule has 0 radical (unpaired) electrons. The molecule has 7 N–H and O–H groups in total. The number of phosphoric ester groups is 1. The summed E-state index contributed by atoms with van der Waals surface area (Å²) in [6, 6.07) is 0. The summed E-state index contributed by atoms with van der Waals surface area (Å²) in [5.41, 5.74) is 0.543. The highest BCUT2D eigenvalue weighted by Gasteiger charge is 2.47. The Morgan fingerprint density at radius 3 is 2.31 bits per heavy atom. The maximum Gasteiger partial charge on any atom is 0.490 e. The summed E-state index contributed by atoms with van der Waals surface area (Å²) in [5.74, 6) is 0.425. The van der Waals surface area contributed by atoms with Crippen LogP contribution in [0.15, 0.2) is 12.7 Å². The van der Waals surface area contributed by atoms with E-state index < -0.39 is 54.6 Å². The third-order valence-electron chi connectivity index (χ3n) is 7.23. The standard InChI is InChI=1S/C24H42N7O15P3/c1-16(32)25-10-6-4-5-9-18(33)29(2)11-7-8-12-30(3)22-19-23(27-14-26-22)31(15-28-19)24-21(35)20(34)17(44-24)13-43-48(39,40)46-49(41,42)45-47(36,37)38/h14-15,17,20-21,24,34-35H,4-13H2,1-3H3,(H,25,32)(H,39,40)(H,41,42)(H2,36,37,38). The van der Waals surface area contributed by atoms with Crippen LogP contribution in [0.2, 0.25) is 0 Å². The molecule has 6 unspecified atom stereocenters. The second-order valence-corrected chi connectivity index (χ2v) is 15.6. The van der Waals surface area contributed by atoms with E-state index in [1.54, 1.807) is 19.0 Å². The van der Waals surface area contributed by atoms with E-state index in [0.29, 0.717) is 43.8 Å². The summed E-state index contributed by atoms with van der Waals surface area (Å²) in [5, 5.41) is 23.9. The Balaban J connectivity index is 1.53. The van der Waals surface area contributed by atoms with Crippen LogP contribution in [0.25, 0.3) is 11.2 Å². The van der Waals surface area contributed by atoms with Crippen molar-refractivity contribution in [1.82, 2.24) is 29.7 Å². The van der Waals surface area contributed by atoms with Crippen molar-refractivity contribution in [3.05, 3.63) is 12.7 Å². The molecule has 0 spiro atoms. The molecule has 278 valence electrons. The molecule has 22 nitrogen and oxygen atoms in total. The van der Waals surface area contributed by atoms with Gasteiger partial charge in [-0.3, -0.25) is 18.7 Å². The number of carbonyl (C=O) groups excluding carboxylic acids is 2. The zero-order valence-corrected chi connectivity index (χ0v) is 29.6. The number of ether oxygens (including phenoxy) is 1. The Hall–Kier alpha value is -2.42. The van der Waals surface area contributed by atoms with Crippen LogP contribution in [0.1, 0.15) is 51.7 Å². The van der Waals surface area contributed by atoms with E-state index in [4.69, 9.17) is 14.5 Å². The Morgan fingerprint density at radius 2 is 1.63 bits per heavy atom. The average molecular weight is 762 g/mol. The number of hydrogen-bond acceptors (Lipinski definition) is 15. The summed E-state index contributed by atoms with van der Waals surface area (Å²) in [4.78, 5) is 76.0. The molecule has 0 aromatic carbocycles. The van der Waals surface area contributed by atoms with Crippen LogP contribution in [0.3, 0.4) is 0 Å². The first-order valence-electron chi connectivity index (χ1n) is 15.0. The van der Waals surface area contributed by atoms with E-state index in [1.807, 2.05) is 4.90 Å². The topological polar surface area (TPSA) is 306 Å². The fourth-order valence-corrected chi connectivity index (χ4v) is 7.86. The molecule has 0 bridgehead atoms. The molecule has 0 saturated carbocycles. The molecule has 49 heavy (non-hydrogen) atoms. The normalized spacial score (nSPS) is 22.1. The van der Waals surface area contributed by atoms with Crippen LogP contribution >= 0.6 is 23.5 Å². The van der Waals surface area contributed by atoms with Gasteiger partial charge in [-0.05, 0) is 25.7 Å². The molecule has 2 aromatic heterocycles. The number of carbonyl (C=O) groups is 2. The zero-order chi connectivity index (χ0) is 36.6. The number of imidazole rings is 1. The molecule has 1 fully saturated rings. The van der Waals surface area contributed by atoms with Crippen molar-refractivity contribution in [3.63, 3.8) is 0 Å². The largest absolute Gasteiger partial charge is 0.490 e. The van der Waals surface area contributed by atoms with Crippen molar-refractivity contribution in [3.8, 4) is 0 Å². The predicted octanol–water partition coefficient (Wildman–Crippen LogP) is 0.160. The molecule has 1 aliphatic rings. The molecule has 0 aliphatic carbocycles. The van der Waals surface area contributed by atoms with Gasteiger partial charge in [0, 0.05) is 47.1 Å². The third kappa shape index (κ3) is 12.7. The van der Waals surface area contributed by atoms with Crippen molar-refractivity contribution in [2.45, 2.75) is 70.0 Å². The highest BCUT2D eigenvalue weighted by Crippen LogP contribution is 2.66. The first-order valence-corrected chi connectivity index (χ1v) is 19.5. The molecular formula is C24H42N7O15P3. The van der Waals surface area contributed by atoms with Crippen LogP contribution in [-0.2, 0) is 41.2 Å². The summed E-state index contributed by atoms with van der Waals surface area (Å²) in [6.45, 7) is 2.20. The first-order chi connectivity index (χ1) is 22.8. The van der Waals surface area contributed by atoms with E-state index in [9.17, 15) is 43.3 Å². The number of aromatic nitrogens is 4. The van der Waals surface area contributed by atoms with Gasteiger partial charge in [-0.25, -0.2) is 28.6 Å². The molecule has 3 heterocycles. The van der Waals surface area contributed by atoms with E-state index in [0.717, 1.165) is 25.7 Å². The van der Waals surface area contributed by atoms with Crippen molar-refractivity contribution >= 4 is 52.3 Å². The van der Waals surface area contributed by atoms with Crippen LogP contribution < -0.4 is 10.2 Å². The number of hydrogen-bond donors (Lipinski definition) is 7. The number of phosphoric acid groups is 3. The summed E-state index contributed by atoms with van der Waals surface area (Å²) in [6.07, 6.45) is 0.651. The lowest BCUT2D eigenvalue weighted by Gasteiger charge is -2.21. The van der Waals surface area contributed by atoms with Gasteiger partial charge in [0.15, 0.2) is 23.2 Å². The molecule has 2 aromatic rings. The van der Waals surface area contributed by atoms with E-state index in [-0.39, 0.29) is 17.5 Å². The Labute approximate surface area is 280 Å². The number of amides is 2. The number of aliphatic hydroxyl groups is 2. The Morgan fingerprint density at radius 1 is 0.939 bits per heavy atom. The lowest BCUT2D eigenvalue weighted by molar-refractivity contribution is -0.130. The lowest BCUT2D eigenvalue weighted by Crippen LogP contribution is -2.33. The Bertz CT molecular complexity index is 1580. The van der Waals surface area contributed by atoms with Crippen molar-refractivity contribution in [2.24, 2.45) is 0 Å². The molecular weight excluding hydrogens is 719 g/mol. The molecule has 1 saturated heterocycles. The second kappa shape index (κ2) is 17.7. The monoisotopic (exact) mass is 761 g/mol. The number of anilines is 1. The maximum absolute atomic E-state index is 12.4. The van der Waals surface area contributed by atoms with Gasteiger partial charge >= 0.3 is 23.5 Å². The Kier molecular flexibility index (Phi) is 14.8. The van der Waals surface area contributed by atoms with Gasteiger partial charge in [-0.1, -0.05) is 6.42 Å². The van der Waals surface area contributed by atoms with Gasteiger partial charge < -0.3 is 49.6 Å². The van der Waals surface area contributed by atoms with Gasteiger partial charge in [0.05, 0.1) is 12.9 Å².